The number of nitrogens with zero attached hydrogens (tertiary/aromatic N) is 1. The number of rotatable bonds is 2. The van der Waals surface area contributed by atoms with Gasteiger partial charge in [-0.05, 0) is 51.4 Å². The van der Waals surface area contributed by atoms with E-state index in [1.165, 1.54) is 38.5 Å². The zero-order valence-electron chi connectivity index (χ0n) is 12.4. The van der Waals surface area contributed by atoms with Gasteiger partial charge in [0.2, 0.25) is 5.91 Å². The SMILES string of the molecule is CCC1CCC(C)N1C(=O)C1CC2CCCCC2N1. The molecule has 1 saturated carbocycles. The summed E-state index contributed by atoms with van der Waals surface area (Å²) in [5.74, 6) is 1.16. The van der Waals surface area contributed by atoms with E-state index in [-0.39, 0.29) is 6.04 Å². The van der Waals surface area contributed by atoms with Crippen molar-refractivity contribution in [2.24, 2.45) is 5.92 Å². The van der Waals surface area contributed by atoms with Crippen LogP contribution in [0.5, 0.6) is 0 Å². The lowest BCUT2D eigenvalue weighted by atomic mass is 9.85. The van der Waals surface area contributed by atoms with Crippen LogP contribution in [-0.4, -0.2) is 35.0 Å². The molecular formula is C16H28N2O. The highest BCUT2D eigenvalue weighted by Gasteiger charge is 2.43. The van der Waals surface area contributed by atoms with E-state index in [4.69, 9.17) is 0 Å². The van der Waals surface area contributed by atoms with Crippen LogP contribution in [0.1, 0.15) is 65.2 Å². The molecule has 2 heterocycles. The molecular weight excluding hydrogens is 236 g/mol. The Hall–Kier alpha value is -0.570. The largest absolute Gasteiger partial charge is 0.336 e. The molecule has 1 N–H and O–H groups in total. The molecule has 2 aliphatic heterocycles. The fourth-order valence-electron chi connectivity index (χ4n) is 4.56. The molecule has 5 atom stereocenters. The van der Waals surface area contributed by atoms with Crippen molar-refractivity contribution < 1.29 is 4.79 Å². The van der Waals surface area contributed by atoms with Crippen molar-refractivity contribution in [3.63, 3.8) is 0 Å². The number of fused-ring (bicyclic) bond motifs is 1. The summed E-state index contributed by atoms with van der Waals surface area (Å²) in [5.41, 5.74) is 0. The second-order valence-corrected chi connectivity index (χ2v) is 6.84. The molecule has 3 nitrogen and oxygen atoms in total. The molecule has 1 amide bonds. The molecule has 3 rings (SSSR count). The van der Waals surface area contributed by atoms with Crippen molar-refractivity contribution in [3.05, 3.63) is 0 Å². The number of hydrogen-bond acceptors (Lipinski definition) is 2. The molecule has 0 aromatic rings. The third kappa shape index (κ3) is 2.42. The number of amides is 1. The van der Waals surface area contributed by atoms with Gasteiger partial charge in [-0.15, -0.1) is 0 Å². The lowest BCUT2D eigenvalue weighted by molar-refractivity contribution is -0.135. The topological polar surface area (TPSA) is 32.3 Å². The van der Waals surface area contributed by atoms with E-state index < -0.39 is 0 Å². The molecule has 1 aliphatic carbocycles. The van der Waals surface area contributed by atoms with Crippen LogP contribution in [-0.2, 0) is 4.79 Å². The average molecular weight is 264 g/mol. The maximum absolute atomic E-state index is 12.8. The van der Waals surface area contributed by atoms with E-state index in [0.717, 1.165) is 18.8 Å². The van der Waals surface area contributed by atoms with Gasteiger partial charge in [-0.1, -0.05) is 19.8 Å². The molecule has 0 bridgehead atoms. The molecule has 5 unspecified atom stereocenters. The first-order valence-electron chi connectivity index (χ1n) is 8.29. The van der Waals surface area contributed by atoms with Crippen molar-refractivity contribution in [1.29, 1.82) is 0 Å². The van der Waals surface area contributed by atoms with Crippen LogP contribution in [0.15, 0.2) is 0 Å². The summed E-state index contributed by atoms with van der Waals surface area (Å²) in [6.45, 7) is 4.43. The molecule has 3 aliphatic rings. The Kier molecular flexibility index (Phi) is 3.84. The third-order valence-corrected chi connectivity index (χ3v) is 5.67. The second-order valence-electron chi connectivity index (χ2n) is 6.84. The van der Waals surface area contributed by atoms with E-state index >= 15 is 0 Å². The van der Waals surface area contributed by atoms with Crippen LogP contribution in [0, 0.1) is 5.92 Å². The van der Waals surface area contributed by atoms with Gasteiger partial charge >= 0.3 is 0 Å². The maximum atomic E-state index is 12.8. The first-order chi connectivity index (χ1) is 9.20. The van der Waals surface area contributed by atoms with Crippen molar-refractivity contribution >= 4 is 5.91 Å². The Balaban J connectivity index is 1.67. The number of nitrogens with one attached hydrogen (secondary N) is 1. The summed E-state index contributed by atoms with van der Waals surface area (Å²) in [7, 11) is 0. The van der Waals surface area contributed by atoms with Crippen LogP contribution in [0.2, 0.25) is 0 Å². The van der Waals surface area contributed by atoms with Gasteiger partial charge in [0.15, 0.2) is 0 Å². The Morgan fingerprint density at radius 1 is 1.21 bits per heavy atom. The van der Waals surface area contributed by atoms with Crippen molar-refractivity contribution in [2.45, 2.75) is 89.4 Å². The van der Waals surface area contributed by atoms with Crippen LogP contribution in [0.4, 0.5) is 0 Å². The minimum Gasteiger partial charge on any atom is -0.336 e. The maximum Gasteiger partial charge on any atom is 0.240 e. The van der Waals surface area contributed by atoms with Gasteiger partial charge in [0, 0.05) is 18.1 Å². The van der Waals surface area contributed by atoms with E-state index in [9.17, 15) is 4.79 Å². The number of carbonyl (C=O) groups is 1. The number of carbonyl (C=O) groups excluding carboxylic acids is 1. The molecule has 19 heavy (non-hydrogen) atoms. The van der Waals surface area contributed by atoms with Gasteiger partial charge in [-0.25, -0.2) is 0 Å². The minimum atomic E-state index is 0.114. The fraction of sp³-hybridized carbons (Fsp3) is 0.938. The van der Waals surface area contributed by atoms with Gasteiger partial charge in [-0.2, -0.15) is 0 Å². The van der Waals surface area contributed by atoms with Gasteiger partial charge in [0.25, 0.3) is 0 Å². The predicted molar refractivity (Wildman–Crippen MR) is 76.9 cm³/mol. The number of hydrogen-bond donors (Lipinski definition) is 1. The normalized spacial score (nSPS) is 42.4. The zero-order chi connectivity index (χ0) is 13.4. The van der Waals surface area contributed by atoms with Crippen LogP contribution < -0.4 is 5.32 Å². The average Bonchev–Trinajstić information content (AvgIpc) is 3.01. The molecule has 0 radical (unpaired) electrons. The Bertz CT molecular complexity index is 330. The first-order valence-corrected chi connectivity index (χ1v) is 8.29. The van der Waals surface area contributed by atoms with Crippen molar-refractivity contribution in [1.82, 2.24) is 10.2 Å². The Morgan fingerprint density at radius 2 is 2.00 bits per heavy atom. The fourth-order valence-corrected chi connectivity index (χ4v) is 4.56. The summed E-state index contributed by atoms with van der Waals surface area (Å²) in [5, 5.41) is 3.64. The van der Waals surface area contributed by atoms with Gasteiger partial charge < -0.3 is 10.2 Å². The van der Waals surface area contributed by atoms with Gasteiger partial charge in [0.05, 0.1) is 6.04 Å². The highest BCUT2D eigenvalue weighted by Crippen LogP contribution is 2.35. The first kappa shape index (κ1) is 13.4. The van der Waals surface area contributed by atoms with Crippen LogP contribution in [0.3, 0.4) is 0 Å². The Morgan fingerprint density at radius 3 is 2.74 bits per heavy atom. The highest BCUT2D eigenvalue weighted by molar-refractivity contribution is 5.83. The predicted octanol–water partition coefficient (Wildman–Crippen LogP) is 2.70. The summed E-state index contributed by atoms with van der Waals surface area (Å²) >= 11 is 0. The van der Waals surface area contributed by atoms with E-state index in [0.29, 0.717) is 24.0 Å². The summed E-state index contributed by atoms with van der Waals surface area (Å²) in [6, 6.07) is 1.68. The second kappa shape index (κ2) is 5.43. The molecule has 3 heteroatoms. The molecule has 2 saturated heterocycles. The van der Waals surface area contributed by atoms with E-state index in [2.05, 4.69) is 24.1 Å². The zero-order valence-corrected chi connectivity index (χ0v) is 12.4. The van der Waals surface area contributed by atoms with Crippen LogP contribution in [0.25, 0.3) is 0 Å². The summed E-state index contributed by atoms with van der Waals surface area (Å²) in [4.78, 5) is 15.0. The number of likely N-dealkylation sites (tertiary alicyclic amines) is 1. The van der Waals surface area contributed by atoms with Crippen molar-refractivity contribution in [2.75, 3.05) is 0 Å². The van der Waals surface area contributed by atoms with Gasteiger partial charge in [0.1, 0.15) is 0 Å². The standard InChI is InChI=1S/C16H28N2O/c1-3-13-9-8-11(2)18(13)16(19)15-10-12-6-4-5-7-14(12)17-15/h11-15,17H,3-10H2,1-2H3. The van der Waals surface area contributed by atoms with E-state index in [1.807, 2.05) is 0 Å². The lowest BCUT2D eigenvalue weighted by Crippen LogP contribution is -2.49. The monoisotopic (exact) mass is 264 g/mol. The molecule has 0 aromatic carbocycles. The van der Waals surface area contributed by atoms with Crippen LogP contribution >= 0.6 is 0 Å². The summed E-state index contributed by atoms with van der Waals surface area (Å²) in [6.07, 6.45) is 9.88. The molecule has 0 aromatic heterocycles. The van der Waals surface area contributed by atoms with Gasteiger partial charge in [-0.3, -0.25) is 4.79 Å². The third-order valence-electron chi connectivity index (χ3n) is 5.67. The molecule has 108 valence electrons. The molecule has 3 fully saturated rings. The Labute approximate surface area is 117 Å². The van der Waals surface area contributed by atoms with E-state index in [1.54, 1.807) is 0 Å². The minimum absolute atomic E-state index is 0.114. The molecule has 0 spiro atoms. The van der Waals surface area contributed by atoms with Crippen molar-refractivity contribution in [3.8, 4) is 0 Å². The smallest absolute Gasteiger partial charge is 0.240 e. The summed E-state index contributed by atoms with van der Waals surface area (Å²) < 4.78 is 0. The lowest BCUT2D eigenvalue weighted by Gasteiger charge is -2.30. The quantitative estimate of drug-likeness (QED) is 0.831. The highest BCUT2D eigenvalue weighted by atomic mass is 16.2.